The van der Waals surface area contributed by atoms with E-state index in [2.05, 4.69) is 0 Å². The Hall–Kier alpha value is -2.85. The normalized spacial score (nSPS) is 15.7. The van der Waals surface area contributed by atoms with Crippen LogP contribution < -0.4 is 9.64 Å². The molecule has 10 heteroatoms. The maximum absolute atomic E-state index is 13.0. The van der Waals surface area contributed by atoms with Gasteiger partial charge in [-0.05, 0) is 42.0 Å². The van der Waals surface area contributed by atoms with Crippen LogP contribution in [0.3, 0.4) is 0 Å². The summed E-state index contributed by atoms with van der Waals surface area (Å²) >= 11 is 6.18. The van der Waals surface area contributed by atoms with Crippen molar-refractivity contribution in [1.82, 2.24) is 0 Å². The zero-order valence-electron chi connectivity index (χ0n) is 15.2. The number of halogens is 3. The van der Waals surface area contributed by atoms with Crippen LogP contribution in [0, 0.1) is 0 Å². The van der Waals surface area contributed by atoms with Crippen molar-refractivity contribution >= 4 is 51.9 Å². The van der Waals surface area contributed by atoms with Crippen LogP contribution in [0.25, 0.3) is 6.08 Å². The number of thioether (sulfide) groups is 1. The van der Waals surface area contributed by atoms with Crippen molar-refractivity contribution in [1.29, 1.82) is 0 Å². The van der Waals surface area contributed by atoms with Gasteiger partial charge in [0, 0.05) is 0 Å². The minimum Gasteiger partial charge on any atom is -0.493 e. The Morgan fingerprint density at radius 2 is 1.93 bits per heavy atom. The van der Waals surface area contributed by atoms with E-state index in [9.17, 15) is 22.8 Å². The molecule has 5 nitrogen and oxygen atoms in total. The Labute approximate surface area is 179 Å². The van der Waals surface area contributed by atoms with Gasteiger partial charge in [0.15, 0.2) is 4.32 Å². The molecule has 0 bridgehead atoms. The first-order valence-electron chi connectivity index (χ1n) is 8.55. The predicted octanol–water partition coefficient (Wildman–Crippen LogP) is 4.96. The molecule has 2 aromatic rings. The van der Waals surface area contributed by atoms with Crippen LogP contribution in [0.4, 0.5) is 18.9 Å². The van der Waals surface area contributed by atoms with E-state index in [1.165, 1.54) is 12.1 Å². The van der Waals surface area contributed by atoms with Crippen molar-refractivity contribution < 1.29 is 32.6 Å². The largest absolute Gasteiger partial charge is 0.493 e. The third-order valence-corrected chi connectivity index (χ3v) is 5.27. The molecule has 0 saturated carbocycles. The van der Waals surface area contributed by atoms with Gasteiger partial charge in [0.1, 0.15) is 5.75 Å². The van der Waals surface area contributed by atoms with Crippen LogP contribution >= 0.6 is 24.0 Å². The Morgan fingerprint density at radius 1 is 1.20 bits per heavy atom. The quantitative estimate of drug-likeness (QED) is 0.492. The number of rotatable bonds is 6. The second-order valence-corrected chi connectivity index (χ2v) is 7.81. The maximum Gasteiger partial charge on any atom is 0.416 e. The second-order valence-electron chi connectivity index (χ2n) is 6.13. The van der Waals surface area contributed by atoms with Gasteiger partial charge in [0.2, 0.25) is 0 Å². The van der Waals surface area contributed by atoms with E-state index in [1.54, 1.807) is 30.3 Å². The number of alkyl halides is 3. The monoisotopic (exact) mass is 453 g/mol. The van der Waals surface area contributed by atoms with Gasteiger partial charge in [0.05, 0.1) is 29.2 Å². The molecule has 3 rings (SSSR count). The number of anilines is 1. The fourth-order valence-corrected chi connectivity index (χ4v) is 3.91. The smallest absolute Gasteiger partial charge is 0.416 e. The second kappa shape index (κ2) is 8.88. The van der Waals surface area contributed by atoms with Gasteiger partial charge in [-0.2, -0.15) is 13.2 Å². The Bertz CT molecular complexity index is 1040. The van der Waals surface area contributed by atoms with Gasteiger partial charge in [-0.15, -0.1) is 0 Å². The zero-order valence-corrected chi connectivity index (χ0v) is 16.8. The summed E-state index contributed by atoms with van der Waals surface area (Å²) in [4.78, 5) is 24.7. The van der Waals surface area contributed by atoms with Crippen molar-refractivity contribution in [2.24, 2.45) is 0 Å². The van der Waals surface area contributed by atoms with Gasteiger partial charge in [-0.25, -0.2) is 0 Å². The molecule has 1 fully saturated rings. The Balaban J connectivity index is 1.81. The van der Waals surface area contributed by atoms with E-state index in [0.29, 0.717) is 11.3 Å². The van der Waals surface area contributed by atoms with E-state index >= 15 is 0 Å². The van der Waals surface area contributed by atoms with Crippen LogP contribution in [0.5, 0.6) is 5.75 Å². The Morgan fingerprint density at radius 3 is 2.63 bits per heavy atom. The number of nitrogens with zero attached hydrogens (tertiary/aromatic N) is 1. The highest BCUT2D eigenvalue weighted by atomic mass is 32.2. The summed E-state index contributed by atoms with van der Waals surface area (Å²) in [7, 11) is 0. The average Bonchev–Trinajstić information content (AvgIpc) is 2.94. The summed E-state index contributed by atoms with van der Waals surface area (Å²) in [5.41, 5.74) is -0.224. The number of thiocarbonyl (C=S) groups is 1. The lowest BCUT2D eigenvalue weighted by atomic mass is 10.1. The number of carboxylic acid groups (broad SMARTS) is 1. The molecular formula is C20H14F3NO4S2. The van der Waals surface area contributed by atoms with Crippen molar-refractivity contribution in [2.45, 2.75) is 12.6 Å². The SMILES string of the molecule is O=C(O)CCOc1cccc(/C=C2/SC(=S)N(c3cccc(C(F)(F)F)c3)C2=O)c1. The maximum atomic E-state index is 13.0. The third kappa shape index (κ3) is 5.19. The van der Waals surface area contributed by atoms with Gasteiger partial charge in [-0.3, -0.25) is 14.5 Å². The van der Waals surface area contributed by atoms with Crippen molar-refractivity contribution in [3.05, 3.63) is 64.6 Å². The highest BCUT2D eigenvalue weighted by Crippen LogP contribution is 2.38. The lowest BCUT2D eigenvalue weighted by molar-refractivity contribution is -0.138. The summed E-state index contributed by atoms with van der Waals surface area (Å²) < 4.78 is 44.4. The van der Waals surface area contributed by atoms with E-state index in [-0.39, 0.29) is 27.9 Å². The third-order valence-electron chi connectivity index (χ3n) is 3.97. The first-order valence-corrected chi connectivity index (χ1v) is 9.77. The van der Waals surface area contributed by atoms with Gasteiger partial charge >= 0.3 is 12.1 Å². The molecule has 1 heterocycles. The van der Waals surface area contributed by atoms with E-state index < -0.39 is 23.6 Å². The molecule has 0 spiro atoms. The highest BCUT2D eigenvalue weighted by Gasteiger charge is 2.36. The van der Waals surface area contributed by atoms with Crippen LogP contribution in [0.2, 0.25) is 0 Å². The lowest BCUT2D eigenvalue weighted by Gasteiger charge is -2.16. The summed E-state index contributed by atoms with van der Waals surface area (Å²) in [5, 5.41) is 8.66. The summed E-state index contributed by atoms with van der Waals surface area (Å²) in [6.07, 6.45) is -3.13. The number of carbonyl (C=O) groups excluding carboxylic acids is 1. The van der Waals surface area contributed by atoms with Crippen LogP contribution in [0.15, 0.2) is 53.4 Å². The molecule has 1 aliphatic rings. The van der Waals surface area contributed by atoms with Crippen molar-refractivity contribution in [3.8, 4) is 5.75 Å². The molecule has 30 heavy (non-hydrogen) atoms. The standard InChI is InChI=1S/C20H14F3NO4S2/c21-20(22,23)13-4-2-5-14(11-13)24-18(27)16(30-19(24)29)10-12-3-1-6-15(9-12)28-8-7-17(25)26/h1-6,9-11H,7-8H2,(H,25,26)/b16-10+. The molecule has 0 atom stereocenters. The van der Waals surface area contributed by atoms with Crippen LogP contribution in [-0.4, -0.2) is 27.9 Å². The average molecular weight is 453 g/mol. The molecule has 1 saturated heterocycles. The first-order chi connectivity index (χ1) is 14.1. The molecule has 0 unspecified atom stereocenters. The molecule has 0 aliphatic carbocycles. The number of aliphatic carboxylic acids is 1. The Kier molecular flexibility index (Phi) is 6.47. The molecule has 2 aromatic carbocycles. The van der Waals surface area contributed by atoms with Crippen molar-refractivity contribution in [3.63, 3.8) is 0 Å². The van der Waals surface area contributed by atoms with E-state index in [0.717, 1.165) is 28.8 Å². The predicted molar refractivity (Wildman–Crippen MR) is 111 cm³/mol. The van der Waals surface area contributed by atoms with Gasteiger partial charge < -0.3 is 9.84 Å². The van der Waals surface area contributed by atoms with Crippen LogP contribution in [0.1, 0.15) is 17.5 Å². The first kappa shape index (κ1) is 21.8. The fourth-order valence-electron chi connectivity index (χ4n) is 2.61. The molecule has 1 N–H and O–H groups in total. The molecule has 0 radical (unpaired) electrons. The van der Waals surface area contributed by atoms with Crippen LogP contribution in [-0.2, 0) is 15.8 Å². The molecule has 0 aromatic heterocycles. The highest BCUT2D eigenvalue weighted by molar-refractivity contribution is 8.27. The number of hydrogen-bond donors (Lipinski definition) is 1. The van der Waals surface area contributed by atoms with Crippen molar-refractivity contribution in [2.75, 3.05) is 11.5 Å². The summed E-state index contributed by atoms with van der Waals surface area (Å²) in [5.74, 6) is -1.08. The number of carbonyl (C=O) groups is 2. The van der Waals surface area contributed by atoms with E-state index in [1.807, 2.05) is 0 Å². The summed E-state index contributed by atoms with van der Waals surface area (Å²) in [6, 6.07) is 11.1. The van der Waals surface area contributed by atoms with Gasteiger partial charge in [0.25, 0.3) is 5.91 Å². The number of carboxylic acids is 1. The minimum absolute atomic E-state index is 0.00352. The molecule has 156 valence electrons. The fraction of sp³-hybridized carbons (Fsp3) is 0.150. The molecular weight excluding hydrogens is 439 g/mol. The number of ether oxygens (including phenoxy) is 1. The van der Waals surface area contributed by atoms with E-state index in [4.69, 9.17) is 22.1 Å². The zero-order chi connectivity index (χ0) is 21.9. The molecule has 1 aliphatic heterocycles. The number of amides is 1. The minimum atomic E-state index is -4.53. The summed E-state index contributed by atoms with van der Waals surface area (Å²) in [6.45, 7) is -0.00352. The molecule has 1 amide bonds. The van der Waals surface area contributed by atoms with Gasteiger partial charge in [-0.1, -0.05) is 42.2 Å². The number of hydrogen-bond acceptors (Lipinski definition) is 5. The topological polar surface area (TPSA) is 66.8 Å². The lowest BCUT2D eigenvalue weighted by Crippen LogP contribution is -2.27. The number of benzene rings is 2.